The molecule has 0 spiro atoms. The van der Waals surface area contributed by atoms with E-state index in [1.807, 2.05) is 6.92 Å². The van der Waals surface area contributed by atoms with Gasteiger partial charge in [-0.2, -0.15) is 0 Å². The first-order valence-corrected chi connectivity index (χ1v) is 6.84. The van der Waals surface area contributed by atoms with Crippen LogP contribution in [0.1, 0.15) is 29.2 Å². The van der Waals surface area contributed by atoms with E-state index < -0.39 is 0 Å². The number of hydrogen-bond acceptors (Lipinski definition) is 3. The first-order valence-electron chi connectivity index (χ1n) is 6.84. The molecule has 0 radical (unpaired) electrons. The Labute approximate surface area is 121 Å². The maximum atomic E-state index is 13.2. The molecule has 1 unspecified atom stereocenters. The van der Waals surface area contributed by atoms with E-state index in [1.54, 1.807) is 24.3 Å². The van der Waals surface area contributed by atoms with Gasteiger partial charge in [-0.25, -0.2) is 4.39 Å². The lowest BCUT2D eigenvalue weighted by atomic mass is 10.1. The number of hydrogen-bond donors (Lipinski definition) is 1. The number of rotatable bonds is 3. The lowest BCUT2D eigenvalue weighted by Crippen LogP contribution is -2.09. The van der Waals surface area contributed by atoms with Crippen LogP contribution in [0.5, 0.6) is 0 Å². The average Bonchev–Trinajstić information content (AvgIpc) is 2.81. The van der Waals surface area contributed by atoms with Crippen molar-refractivity contribution in [1.82, 2.24) is 0 Å². The third kappa shape index (κ3) is 2.59. The molecule has 0 heterocycles. The Kier molecular flexibility index (Phi) is 3.33. The van der Waals surface area contributed by atoms with Crippen molar-refractivity contribution in [3.63, 3.8) is 0 Å². The second kappa shape index (κ2) is 5.16. The molecule has 0 saturated heterocycles. The SMILES string of the molecule is Cc1ccc([N+](=O)[O-])c(NC2CCc3cc(F)ccc32)c1. The molecule has 1 atom stereocenters. The van der Waals surface area contributed by atoms with Crippen LogP contribution in [0.15, 0.2) is 36.4 Å². The number of nitrogens with zero attached hydrogens (tertiary/aromatic N) is 1. The fourth-order valence-electron chi connectivity index (χ4n) is 2.85. The number of nitro benzene ring substituents is 1. The van der Waals surface area contributed by atoms with Crippen LogP contribution in [-0.2, 0) is 6.42 Å². The van der Waals surface area contributed by atoms with E-state index in [2.05, 4.69) is 5.32 Å². The molecule has 0 bridgehead atoms. The molecule has 5 heteroatoms. The summed E-state index contributed by atoms with van der Waals surface area (Å²) in [5.41, 5.74) is 3.54. The van der Waals surface area contributed by atoms with Crippen molar-refractivity contribution in [1.29, 1.82) is 0 Å². The molecule has 3 rings (SSSR count). The summed E-state index contributed by atoms with van der Waals surface area (Å²) in [4.78, 5) is 10.7. The molecule has 21 heavy (non-hydrogen) atoms. The summed E-state index contributed by atoms with van der Waals surface area (Å²) in [5, 5.41) is 14.4. The standard InChI is InChI=1S/C16H15FN2O2/c1-10-2-7-16(19(20)21)15(8-10)18-14-6-3-11-9-12(17)4-5-13(11)14/h2,4-5,7-9,14,18H,3,6H2,1H3. The fourth-order valence-corrected chi connectivity index (χ4v) is 2.85. The summed E-state index contributed by atoms with van der Waals surface area (Å²) in [6, 6.07) is 9.74. The number of aryl methyl sites for hydroxylation is 2. The second-order valence-electron chi connectivity index (χ2n) is 5.36. The second-order valence-corrected chi connectivity index (χ2v) is 5.36. The van der Waals surface area contributed by atoms with E-state index in [-0.39, 0.29) is 22.5 Å². The van der Waals surface area contributed by atoms with Gasteiger partial charge in [-0.15, -0.1) is 0 Å². The molecule has 2 aromatic rings. The molecular formula is C16H15FN2O2. The number of anilines is 1. The van der Waals surface area contributed by atoms with Gasteiger partial charge in [0.25, 0.3) is 5.69 Å². The summed E-state index contributed by atoms with van der Waals surface area (Å²) < 4.78 is 13.2. The van der Waals surface area contributed by atoms with Gasteiger partial charge in [0.1, 0.15) is 11.5 Å². The normalized spacial score (nSPS) is 16.6. The topological polar surface area (TPSA) is 55.2 Å². The minimum absolute atomic E-state index is 0.0129. The number of fused-ring (bicyclic) bond motifs is 1. The Morgan fingerprint density at radius 2 is 2.10 bits per heavy atom. The monoisotopic (exact) mass is 286 g/mol. The summed E-state index contributed by atoms with van der Waals surface area (Å²) in [6.45, 7) is 1.90. The summed E-state index contributed by atoms with van der Waals surface area (Å²) in [7, 11) is 0. The van der Waals surface area contributed by atoms with Crippen molar-refractivity contribution in [2.45, 2.75) is 25.8 Å². The largest absolute Gasteiger partial charge is 0.373 e. The van der Waals surface area contributed by atoms with Crippen LogP contribution in [0, 0.1) is 22.9 Å². The van der Waals surface area contributed by atoms with Crippen LogP contribution in [0.3, 0.4) is 0 Å². The van der Waals surface area contributed by atoms with Crippen LogP contribution in [0.4, 0.5) is 15.8 Å². The molecule has 2 aromatic carbocycles. The predicted octanol–water partition coefficient (Wildman–Crippen LogP) is 4.14. The van der Waals surface area contributed by atoms with Crippen molar-refractivity contribution in [2.75, 3.05) is 5.32 Å². The quantitative estimate of drug-likeness (QED) is 0.681. The van der Waals surface area contributed by atoms with Crippen molar-refractivity contribution < 1.29 is 9.31 Å². The van der Waals surface area contributed by atoms with Crippen molar-refractivity contribution >= 4 is 11.4 Å². The average molecular weight is 286 g/mol. The van der Waals surface area contributed by atoms with Gasteiger partial charge in [0.05, 0.1) is 11.0 Å². The smallest absolute Gasteiger partial charge is 0.292 e. The minimum Gasteiger partial charge on any atom is -0.373 e. The molecule has 0 aliphatic heterocycles. The van der Waals surface area contributed by atoms with E-state index >= 15 is 0 Å². The molecule has 0 fully saturated rings. The number of benzene rings is 2. The Morgan fingerprint density at radius 1 is 1.29 bits per heavy atom. The van der Waals surface area contributed by atoms with E-state index in [0.717, 1.165) is 29.5 Å². The van der Waals surface area contributed by atoms with Gasteiger partial charge in [0.15, 0.2) is 0 Å². The fraction of sp³-hybridized carbons (Fsp3) is 0.250. The Bertz CT molecular complexity index is 715. The zero-order chi connectivity index (χ0) is 15.0. The zero-order valence-corrected chi connectivity index (χ0v) is 11.6. The highest BCUT2D eigenvalue weighted by atomic mass is 19.1. The zero-order valence-electron chi connectivity index (χ0n) is 11.6. The van der Waals surface area contributed by atoms with Crippen LogP contribution < -0.4 is 5.32 Å². The van der Waals surface area contributed by atoms with E-state index in [0.29, 0.717) is 5.69 Å². The summed E-state index contributed by atoms with van der Waals surface area (Å²) >= 11 is 0. The third-order valence-corrected chi connectivity index (χ3v) is 3.86. The first kappa shape index (κ1) is 13.5. The molecule has 108 valence electrons. The molecule has 0 saturated carbocycles. The maximum Gasteiger partial charge on any atom is 0.292 e. The van der Waals surface area contributed by atoms with Gasteiger partial charge in [-0.1, -0.05) is 12.1 Å². The van der Waals surface area contributed by atoms with Gasteiger partial charge in [0, 0.05) is 6.07 Å². The molecule has 0 amide bonds. The highest BCUT2D eigenvalue weighted by Gasteiger charge is 2.25. The van der Waals surface area contributed by atoms with Gasteiger partial charge < -0.3 is 5.32 Å². The number of nitro groups is 1. The molecule has 0 aromatic heterocycles. The highest BCUT2D eigenvalue weighted by molar-refractivity contribution is 5.64. The Hall–Kier alpha value is -2.43. The van der Waals surface area contributed by atoms with E-state index in [4.69, 9.17) is 0 Å². The van der Waals surface area contributed by atoms with Gasteiger partial charge in [0.2, 0.25) is 0 Å². The first-order chi connectivity index (χ1) is 10.0. The molecule has 1 aliphatic rings. The van der Waals surface area contributed by atoms with Crippen LogP contribution >= 0.6 is 0 Å². The Morgan fingerprint density at radius 3 is 2.86 bits per heavy atom. The summed E-state index contributed by atoms with van der Waals surface area (Å²) in [6.07, 6.45) is 1.59. The number of nitrogens with one attached hydrogen (secondary N) is 1. The molecule has 4 nitrogen and oxygen atoms in total. The van der Waals surface area contributed by atoms with Crippen LogP contribution in [-0.4, -0.2) is 4.92 Å². The Balaban J connectivity index is 1.93. The van der Waals surface area contributed by atoms with Crippen LogP contribution in [0.25, 0.3) is 0 Å². The maximum absolute atomic E-state index is 13.2. The van der Waals surface area contributed by atoms with E-state index in [1.165, 1.54) is 12.1 Å². The van der Waals surface area contributed by atoms with E-state index in [9.17, 15) is 14.5 Å². The summed E-state index contributed by atoms with van der Waals surface area (Å²) in [5.74, 6) is -0.240. The minimum atomic E-state index is -0.387. The van der Waals surface area contributed by atoms with Gasteiger partial charge in [-0.05, 0) is 54.7 Å². The lowest BCUT2D eigenvalue weighted by Gasteiger charge is -2.16. The van der Waals surface area contributed by atoms with Crippen molar-refractivity contribution in [3.8, 4) is 0 Å². The van der Waals surface area contributed by atoms with Crippen LogP contribution in [0.2, 0.25) is 0 Å². The molecule has 1 N–H and O–H groups in total. The predicted molar refractivity (Wildman–Crippen MR) is 78.9 cm³/mol. The van der Waals surface area contributed by atoms with Crippen molar-refractivity contribution in [3.05, 3.63) is 69.0 Å². The third-order valence-electron chi connectivity index (χ3n) is 3.86. The molecular weight excluding hydrogens is 271 g/mol. The highest BCUT2D eigenvalue weighted by Crippen LogP contribution is 2.36. The van der Waals surface area contributed by atoms with Gasteiger partial charge in [-0.3, -0.25) is 10.1 Å². The number of halogens is 1. The van der Waals surface area contributed by atoms with Crippen molar-refractivity contribution in [2.24, 2.45) is 0 Å². The van der Waals surface area contributed by atoms with Gasteiger partial charge >= 0.3 is 0 Å². The molecule has 1 aliphatic carbocycles. The lowest BCUT2D eigenvalue weighted by molar-refractivity contribution is -0.384.